The lowest BCUT2D eigenvalue weighted by Gasteiger charge is -2.15. The van der Waals surface area contributed by atoms with Gasteiger partial charge in [-0.1, -0.05) is 60.7 Å². The van der Waals surface area contributed by atoms with Crippen molar-refractivity contribution in [1.82, 2.24) is 14.8 Å². The lowest BCUT2D eigenvalue weighted by atomic mass is 10.1. The van der Waals surface area contributed by atoms with Crippen molar-refractivity contribution >= 4 is 0 Å². The lowest BCUT2D eigenvalue weighted by molar-refractivity contribution is 0.475. The first kappa shape index (κ1) is 16.1. The Morgan fingerprint density at radius 2 is 1.38 bits per heavy atom. The van der Waals surface area contributed by atoms with Crippen LogP contribution in [0.3, 0.4) is 0 Å². The largest absolute Gasteiger partial charge is 0.508 e. The molecule has 1 unspecified atom stereocenters. The van der Waals surface area contributed by atoms with Crippen LogP contribution in [-0.4, -0.2) is 19.9 Å². The van der Waals surface area contributed by atoms with Gasteiger partial charge in [-0.05, 0) is 36.8 Å². The Morgan fingerprint density at radius 1 is 0.769 bits per heavy atom. The van der Waals surface area contributed by atoms with Gasteiger partial charge in [0.15, 0.2) is 11.6 Å². The fourth-order valence-corrected chi connectivity index (χ4v) is 2.98. The minimum Gasteiger partial charge on any atom is -0.508 e. The van der Waals surface area contributed by atoms with Crippen LogP contribution < -0.4 is 0 Å². The maximum Gasteiger partial charge on any atom is 0.181 e. The molecule has 0 aliphatic heterocycles. The predicted molar refractivity (Wildman–Crippen MR) is 103 cm³/mol. The molecule has 0 aliphatic rings. The molecule has 0 fully saturated rings. The topological polar surface area (TPSA) is 50.9 Å². The molecule has 3 aromatic carbocycles. The van der Waals surface area contributed by atoms with E-state index in [1.807, 2.05) is 65.3 Å². The fourth-order valence-electron chi connectivity index (χ4n) is 2.98. The Balaban J connectivity index is 1.84. The zero-order chi connectivity index (χ0) is 17.9. The van der Waals surface area contributed by atoms with Crippen LogP contribution in [0.5, 0.6) is 5.75 Å². The van der Waals surface area contributed by atoms with Crippen molar-refractivity contribution in [3.8, 4) is 28.5 Å². The van der Waals surface area contributed by atoms with Gasteiger partial charge in [0, 0.05) is 11.1 Å². The smallest absolute Gasteiger partial charge is 0.181 e. The molecular weight excluding hydrogens is 322 g/mol. The van der Waals surface area contributed by atoms with E-state index >= 15 is 0 Å². The molecule has 128 valence electrons. The first-order chi connectivity index (χ1) is 12.7. The summed E-state index contributed by atoms with van der Waals surface area (Å²) in [5.41, 5.74) is 3.07. The molecule has 0 amide bonds. The first-order valence-electron chi connectivity index (χ1n) is 8.58. The number of aromatic hydroxyl groups is 1. The number of phenols is 1. The second kappa shape index (κ2) is 6.84. The molecule has 0 aliphatic carbocycles. The molecule has 0 bridgehead atoms. The van der Waals surface area contributed by atoms with Crippen molar-refractivity contribution in [2.75, 3.05) is 0 Å². The van der Waals surface area contributed by atoms with E-state index in [0.717, 1.165) is 17.0 Å². The molecule has 4 rings (SSSR count). The molecule has 0 spiro atoms. The Bertz CT molecular complexity index is 993. The maximum atomic E-state index is 9.53. The number of benzene rings is 3. The molecule has 26 heavy (non-hydrogen) atoms. The van der Waals surface area contributed by atoms with Crippen molar-refractivity contribution in [1.29, 1.82) is 0 Å². The van der Waals surface area contributed by atoms with Gasteiger partial charge in [0.2, 0.25) is 0 Å². The second-order valence-corrected chi connectivity index (χ2v) is 6.20. The van der Waals surface area contributed by atoms with Gasteiger partial charge in [0.1, 0.15) is 5.75 Å². The van der Waals surface area contributed by atoms with Crippen molar-refractivity contribution in [3.05, 3.63) is 90.5 Å². The van der Waals surface area contributed by atoms with Crippen molar-refractivity contribution in [3.63, 3.8) is 0 Å². The van der Waals surface area contributed by atoms with Crippen LogP contribution >= 0.6 is 0 Å². The molecular formula is C22H19N3O. The summed E-state index contributed by atoms with van der Waals surface area (Å²) in [6.45, 7) is 2.12. The summed E-state index contributed by atoms with van der Waals surface area (Å²) in [6.07, 6.45) is 0. The van der Waals surface area contributed by atoms with Gasteiger partial charge in [-0.2, -0.15) is 0 Å². The van der Waals surface area contributed by atoms with Crippen LogP contribution in [0.15, 0.2) is 84.9 Å². The number of nitrogens with zero attached hydrogens (tertiary/aromatic N) is 3. The van der Waals surface area contributed by atoms with Crippen molar-refractivity contribution < 1.29 is 5.11 Å². The Kier molecular flexibility index (Phi) is 4.23. The predicted octanol–water partition coefficient (Wildman–Crippen LogP) is 4.93. The standard InChI is InChI=1S/C22H19N3O/c1-16(17-8-4-2-5-9-17)25-22(19-10-6-3-7-11-19)23-21(24-25)18-12-14-20(26)15-13-18/h2-16,26H,1H3. The second-order valence-electron chi connectivity index (χ2n) is 6.20. The first-order valence-corrected chi connectivity index (χ1v) is 8.58. The van der Waals surface area contributed by atoms with Gasteiger partial charge < -0.3 is 5.11 Å². The van der Waals surface area contributed by atoms with Crippen molar-refractivity contribution in [2.45, 2.75) is 13.0 Å². The molecule has 1 aromatic heterocycles. The van der Waals surface area contributed by atoms with Crippen LogP contribution in [0.4, 0.5) is 0 Å². The van der Waals surface area contributed by atoms with E-state index in [4.69, 9.17) is 10.1 Å². The molecule has 1 heterocycles. The number of phenolic OH excluding ortho intramolecular Hbond substituents is 1. The third-order valence-corrected chi connectivity index (χ3v) is 4.44. The number of aromatic nitrogens is 3. The lowest BCUT2D eigenvalue weighted by Crippen LogP contribution is -2.10. The van der Waals surface area contributed by atoms with Gasteiger partial charge in [0.05, 0.1) is 6.04 Å². The number of hydrogen-bond donors (Lipinski definition) is 1. The highest BCUT2D eigenvalue weighted by Crippen LogP contribution is 2.28. The summed E-state index contributed by atoms with van der Waals surface area (Å²) < 4.78 is 1.97. The van der Waals surface area contributed by atoms with Gasteiger partial charge >= 0.3 is 0 Å². The van der Waals surface area contributed by atoms with E-state index in [9.17, 15) is 5.11 Å². The Morgan fingerprint density at radius 3 is 2.04 bits per heavy atom. The maximum absolute atomic E-state index is 9.53. The summed E-state index contributed by atoms with van der Waals surface area (Å²) in [4.78, 5) is 4.80. The quantitative estimate of drug-likeness (QED) is 0.573. The van der Waals surface area contributed by atoms with Crippen LogP contribution in [0, 0.1) is 0 Å². The van der Waals surface area contributed by atoms with Crippen molar-refractivity contribution in [2.24, 2.45) is 0 Å². The Labute approximate surface area is 152 Å². The molecule has 4 aromatic rings. The fraction of sp³-hybridized carbons (Fsp3) is 0.0909. The van der Waals surface area contributed by atoms with E-state index in [0.29, 0.717) is 5.82 Å². The van der Waals surface area contributed by atoms with Crippen LogP contribution in [0.2, 0.25) is 0 Å². The number of hydrogen-bond acceptors (Lipinski definition) is 3. The monoisotopic (exact) mass is 341 g/mol. The zero-order valence-corrected chi connectivity index (χ0v) is 14.4. The van der Waals surface area contributed by atoms with E-state index in [-0.39, 0.29) is 11.8 Å². The van der Waals surface area contributed by atoms with E-state index in [2.05, 4.69) is 19.1 Å². The third-order valence-electron chi connectivity index (χ3n) is 4.44. The minimum atomic E-state index is 0.0461. The van der Waals surface area contributed by atoms with Gasteiger partial charge in [-0.15, -0.1) is 5.10 Å². The van der Waals surface area contributed by atoms with E-state index in [1.165, 1.54) is 5.56 Å². The average molecular weight is 341 g/mol. The molecule has 1 N–H and O–H groups in total. The number of rotatable bonds is 4. The van der Waals surface area contributed by atoms with Gasteiger partial charge in [-0.3, -0.25) is 0 Å². The molecule has 0 saturated heterocycles. The van der Waals surface area contributed by atoms with E-state index in [1.54, 1.807) is 12.1 Å². The highest BCUT2D eigenvalue weighted by Gasteiger charge is 2.18. The average Bonchev–Trinajstić information content (AvgIpc) is 3.15. The molecule has 4 nitrogen and oxygen atoms in total. The summed E-state index contributed by atoms with van der Waals surface area (Å²) in [7, 11) is 0. The summed E-state index contributed by atoms with van der Waals surface area (Å²) in [5, 5.41) is 14.3. The van der Waals surface area contributed by atoms with Gasteiger partial charge in [0.25, 0.3) is 0 Å². The summed E-state index contributed by atoms with van der Waals surface area (Å²) >= 11 is 0. The zero-order valence-electron chi connectivity index (χ0n) is 14.4. The molecule has 0 saturated carbocycles. The van der Waals surface area contributed by atoms with Gasteiger partial charge in [-0.25, -0.2) is 9.67 Å². The van der Waals surface area contributed by atoms with Crippen LogP contribution in [-0.2, 0) is 0 Å². The summed E-state index contributed by atoms with van der Waals surface area (Å²) in [5.74, 6) is 1.70. The highest BCUT2D eigenvalue weighted by molar-refractivity contribution is 5.62. The third kappa shape index (κ3) is 3.09. The van der Waals surface area contributed by atoms with Crippen LogP contribution in [0.1, 0.15) is 18.5 Å². The summed E-state index contributed by atoms with van der Waals surface area (Å²) in [6, 6.07) is 27.4. The highest BCUT2D eigenvalue weighted by atomic mass is 16.3. The Hall–Kier alpha value is -3.40. The SMILES string of the molecule is CC(c1ccccc1)n1nc(-c2ccc(O)cc2)nc1-c1ccccc1. The normalized spacial score (nSPS) is 12.0. The van der Waals surface area contributed by atoms with E-state index < -0.39 is 0 Å². The van der Waals surface area contributed by atoms with Crippen LogP contribution in [0.25, 0.3) is 22.8 Å². The minimum absolute atomic E-state index is 0.0461. The molecule has 4 heteroatoms. The molecule has 0 radical (unpaired) electrons. The molecule has 1 atom stereocenters.